The summed E-state index contributed by atoms with van der Waals surface area (Å²) in [7, 11) is 0. The molecule has 0 bridgehead atoms. The van der Waals surface area contributed by atoms with Crippen LogP contribution >= 0.6 is 0 Å². The van der Waals surface area contributed by atoms with Gasteiger partial charge in [0.2, 0.25) is 0 Å². The molecule has 1 aliphatic rings. The van der Waals surface area contributed by atoms with Crippen LogP contribution in [0.2, 0.25) is 0 Å². The Kier molecular flexibility index (Phi) is 3.68. The van der Waals surface area contributed by atoms with Gasteiger partial charge in [-0.3, -0.25) is 5.32 Å². The molecule has 1 amide bonds. The summed E-state index contributed by atoms with van der Waals surface area (Å²) in [6.07, 6.45) is 2.48. The van der Waals surface area contributed by atoms with E-state index in [0.717, 1.165) is 30.5 Å². The van der Waals surface area contributed by atoms with Crippen LogP contribution in [0.15, 0.2) is 54.6 Å². The molecule has 0 unspecified atom stereocenters. The minimum atomic E-state index is -0.391. The van der Waals surface area contributed by atoms with Crippen molar-refractivity contribution in [2.45, 2.75) is 25.4 Å². The van der Waals surface area contributed by atoms with E-state index in [9.17, 15) is 4.79 Å². The van der Waals surface area contributed by atoms with Gasteiger partial charge in [-0.05, 0) is 42.5 Å². The Balaban J connectivity index is 1.68. The molecule has 1 N–H and O–H groups in total. The molecule has 20 heavy (non-hydrogen) atoms. The summed E-state index contributed by atoms with van der Waals surface area (Å²) in [6.45, 7) is 0. The second-order valence-corrected chi connectivity index (χ2v) is 4.98. The van der Waals surface area contributed by atoms with Gasteiger partial charge in [-0.25, -0.2) is 4.79 Å². The average Bonchev–Trinajstić information content (AvgIpc) is 2.48. The summed E-state index contributed by atoms with van der Waals surface area (Å²) in [5, 5.41) is 2.76. The van der Waals surface area contributed by atoms with Gasteiger partial charge >= 0.3 is 6.09 Å². The fourth-order valence-electron chi connectivity index (χ4n) is 2.63. The van der Waals surface area contributed by atoms with Crippen molar-refractivity contribution in [2.75, 3.05) is 5.32 Å². The highest BCUT2D eigenvalue weighted by molar-refractivity contribution is 5.84. The topological polar surface area (TPSA) is 38.3 Å². The Hall–Kier alpha value is -2.29. The molecule has 0 saturated carbocycles. The van der Waals surface area contributed by atoms with E-state index >= 15 is 0 Å². The van der Waals surface area contributed by atoms with Gasteiger partial charge in [0.15, 0.2) is 0 Å². The first kappa shape index (κ1) is 12.7. The minimum Gasteiger partial charge on any atom is -0.441 e. The maximum atomic E-state index is 12.0. The number of rotatable bonds is 2. The van der Waals surface area contributed by atoms with Gasteiger partial charge in [-0.15, -0.1) is 0 Å². The van der Waals surface area contributed by atoms with E-state index < -0.39 is 6.09 Å². The lowest BCUT2D eigenvalue weighted by Crippen LogP contribution is -2.20. The zero-order chi connectivity index (χ0) is 13.8. The van der Waals surface area contributed by atoms with Gasteiger partial charge in [0.05, 0.1) is 0 Å². The molecule has 0 spiro atoms. The molecule has 102 valence electrons. The monoisotopic (exact) mass is 267 g/mol. The maximum Gasteiger partial charge on any atom is 0.412 e. The van der Waals surface area contributed by atoms with Crippen molar-refractivity contribution < 1.29 is 9.53 Å². The molecular formula is C17H17NO2. The quantitative estimate of drug-likeness (QED) is 0.880. The molecule has 3 heteroatoms. The van der Waals surface area contributed by atoms with E-state index in [1.807, 2.05) is 42.5 Å². The molecule has 0 aliphatic heterocycles. The molecule has 0 heterocycles. The predicted molar refractivity (Wildman–Crippen MR) is 78.7 cm³/mol. The third kappa shape index (κ3) is 2.82. The second-order valence-electron chi connectivity index (χ2n) is 4.98. The van der Waals surface area contributed by atoms with E-state index in [1.165, 1.54) is 5.56 Å². The Bertz CT molecular complexity index is 595. The van der Waals surface area contributed by atoms with E-state index in [2.05, 4.69) is 17.4 Å². The van der Waals surface area contributed by atoms with Crippen molar-refractivity contribution in [1.82, 2.24) is 0 Å². The average molecular weight is 267 g/mol. The predicted octanol–water partition coefficient (Wildman–Crippen LogP) is 4.31. The molecule has 0 radical (unpaired) electrons. The maximum absolute atomic E-state index is 12.0. The second kappa shape index (κ2) is 5.78. The van der Waals surface area contributed by atoms with Gasteiger partial charge in [0.25, 0.3) is 0 Å². The fourth-order valence-corrected chi connectivity index (χ4v) is 2.63. The van der Waals surface area contributed by atoms with Gasteiger partial charge in [-0.2, -0.15) is 0 Å². The summed E-state index contributed by atoms with van der Waals surface area (Å²) in [4.78, 5) is 12.0. The van der Waals surface area contributed by atoms with Crippen LogP contribution in [0.4, 0.5) is 10.5 Å². The standard InChI is InChI=1S/C17H17NO2/c19-17(18-14-9-2-1-3-10-14)20-16-12-6-8-13-7-4-5-11-15(13)16/h1-5,7,9-11,16H,6,8,12H2,(H,18,19)/t16-/m1/s1. The van der Waals surface area contributed by atoms with Gasteiger partial charge in [0.1, 0.15) is 6.10 Å². The van der Waals surface area contributed by atoms with Crippen LogP contribution in [-0.2, 0) is 11.2 Å². The number of anilines is 1. The van der Waals surface area contributed by atoms with E-state index in [1.54, 1.807) is 0 Å². The number of carbonyl (C=O) groups is 1. The van der Waals surface area contributed by atoms with Gasteiger partial charge in [0, 0.05) is 5.69 Å². The Morgan fingerprint density at radius 2 is 1.80 bits per heavy atom. The highest BCUT2D eigenvalue weighted by atomic mass is 16.6. The van der Waals surface area contributed by atoms with Crippen molar-refractivity contribution in [3.63, 3.8) is 0 Å². The lowest BCUT2D eigenvalue weighted by atomic mass is 9.89. The normalized spacial score (nSPS) is 17.1. The van der Waals surface area contributed by atoms with E-state index in [4.69, 9.17) is 4.74 Å². The first-order chi connectivity index (χ1) is 9.83. The molecule has 1 aliphatic carbocycles. The van der Waals surface area contributed by atoms with E-state index in [-0.39, 0.29) is 6.10 Å². The van der Waals surface area contributed by atoms with Gasteiger partial charge < -0.3 is 4.74 Å². The van der Waals surface area contributed by atoms with Crippen molar-refractivity contribution in [1.29, 1.82) is 0 Å². The van der Waals surface area contributed by atoms with Crippen LogP contribution in [0.1, 0.15) is 30.1 Å². The van der Waals surface area contributed by atoms with Gasteiger partial charge in [-0.1, -0.05) is 42.5 Å². The molecule has 0 saturated heterocycles. The molecule has 2 aromatic carbocycles. The molecule has 3 rings (SSSR count). The zero-order valence-electron chi connectivity index (χ0n) is 11.2. The summed E-state index contributed by atoms with van der Waals surface area (Å²) >= 11 is 0. The first-order valence-corrected chi connectivity index (χ1v) is 6.93. The van der Waals surface area contributed by atoms with E-state index in [0.29, 0.717) is 0 Å². The number of aryl methyl sites for hydroxylation is 1. The first-order valence-electron chi connectivity index (χ1n) is 6.93. The summed E-state index contributed by atoms with van der Waals surface area (Å²) in [5.41, 5.74) is 3.18. The lowest BCUT2D eigenvalue weighted by Gasteiger charge is -2.25. The SMILES string of the molecule is O=C(Nc1ccccc1)O[C@@H]1CCCc2ccccc21. The number of hydrogen-bond acceptors (Lipinski definition) is 2. The van der Waals surface area contributed by atoms with Crippen LogP contribution in [0, 0.1) is 0 Å². The number of ether oxygens (including phenoxy) is 1. The van der Waals surface area contributed by atoms with Crippen LogP contribution < -0.4 is 5.32 Å². The number of carbonyl (C=O) groups excluding carboxylic acids is 1. The summed E-state index contributed by atoms with van der Waals surface area (Å²) in [5.74, 6) is 0. The molecule has 1 atom stereocenters. The largest absolute Gasteiger partial charge is 0.441 e. The molecular weight excluding hydrogens is 250 g/mol. The van der Waals surface area contributed by atoms with Crippen LogP contribution in [0.5, 0.6) is 0 Å². The summed E-state index contributed by atoms with van der Waals surface area (Å²) in [6, 6.07) is 17.5. The Morgan fingerprint density at radius 1 is 1.05 bits per heavy atom. The van der Waals surface area contributed by atoms with Crippen LogP contribution in [-0.4, -0.2) is 6.09 Å². The Labute approximate surface area is 118 Å². The number of hydrogen-bond donors (Lipinski definition) is 1. The lowest BCUT2D eigenvalue weighted by molar-refractivity contribution is 0.0999. The fraction of sp³-hybridized carbons (Fsp3) is 0.235. The van der Waals surface area contributed by atoms with Crippen LogP contribution in [0.25, 0.3) is 0 Å². The van der Waals surface area contributed by atoms with Crippen LogP contribution in [0.3, 0.4) is 0 Å². The zero-order valence-corrected chi connectivity index (χ0v) is 11.2. The number of para-hydroxylation sites is 1. The number of fused-ring (bicyclic) bond motifs is 1. The smallest absolute Gasteiger partial charge is 0.412 e. The molecule has 0 aromatic heterocycles. The summed E-state index contributed by atoms with van der Waals surface area (Å²) < 4.78 is 5.57. The molecule has 3 nitrogen and oxygen atoms in total. The third-order valence-corrected chi connectivity index (χ3v) is 3.58. The highest BCUT2D eigenvalue weighted by Crippen LogP contribution is 2.32. The number of benzene rings is 2. The number of nitrogens with one attached hydrogen (secondary N) is 1. The minimum absolute atomic E-state index is 0.135. The van der Waals surface area contributed by atoms with Crippen molar-refractivity contribution in [3.8, 4) is 0 Å². The Morgan fingerprint density at radius 3 is 2.65 bits per heavy atom. The molecule has 2 aromatic rings. The van der Waals surface area contributed by atoms with Crippen molar-refractivity contribution in [2.24, 2.45) is 0 Å². The third-order valence-electron chi connectivity index (χ3n) is 3.58. The number of amides is 1. The van der Waals surface area contributed by atoms with Crippen molar-refractivity contribution >= 4 is 11.8 Å². The molecule has 0 fully saturated rings. The highest BCUT2D eigenvalue weighted by Gasteiger charge is 2.23. The van der Waals surface area contributed by atoms with Crippen molar-refractivity contribution in [3.05, 3.63) is 65.7 Å².